The molecule has 0 atom stereocenters. The fourth-order valence-corrected chi connectivity index (χ4v) is 3.42. The number of nitrogens with zero attached hydrogens (tertiary/aromatic N) is 5. The van der Waals surface area contributed by atoms with Crippen LogP contribution in [-0.2, 0) is 4.79 Å². The maximum atomic E-state index is 11.7. The quantitative estimate of drug-likeness (QED) is 0.574. The van der Waals surface area contributed by atoms with Crippen molar-refractivity contribution in [1.29, 1.82) is 0 Å². The van der Waals surface area contributed by atoms with Crippen molar-refractivity contribution in [3.63, 3.8) is 0 Å². The van der Waals surface area contributed by atoms with Gasteiger partial charge in [0.25, 0.3) is 0 Å². The van der Waals surface area contributed by atoms with Crippen molar-refractivity contribution in [2.45, 2.75) is 26.2 Å². The van der Waals surface area contributed by atoms with Crippen molar-refractivity contribution in [3.05, 3.63) is 54.6 Å². The van der Waals surface area contributed by atoms with Crippen LogP contribution in [0, 0.1) is 6.92 Å². The summed E-state index contributed by atoms with van der Waals surface area (Å²) in [7, 11) is 0. The van der Waals surface area contributed by atoms with Crippen LogP contribution in [0.3, 0.4) is 0 Å². The Morgan fingerprint density at radius 1 is 1.17 bits per heavy atom. The van der Waals surface area contributed by atoms with Gasteiger partial charge >= 0.3 is 0 Å². The molecule has 2 N–H and O–H groups in total. The molecule has 1 fully saturated rings. The zero-order chi connectivity index (χ0) is 20.1. The molecule has 0 unspecified atom stereocenters. The Kier molecular flexibility index (Phi) is 5.69. The van der Waals surface area contributed by atoms with E-state index in [0.29, 0.717) is 12.4 Å². The Balaban J connectivity index is 1.39. The van der Waals surface area contributed by atoms with Crippen molar-refractivity contribution < 1.29 is 4.79 Å². The third-order valence-electron chi connectivity index (χ3n) is 5.01. The second-order valence-corrected chi connectivity index (χ2v) is 7.09. The predicted octanol–water partition coefficient (Wildman–Crippen LogP) is 3.14. The fourth-order valence-electron chi connectivity index (χ4n) is 3.42. The third kappa shape index (κ3) is 4.53. The van der Waals surface area contributed by atoms with Gasteiger partial charge in [0.2, 0.25) is 11.9 Å². The highest BCUT2D eigenvalue weighted by molar-refractivity contribution is 5.78. The average Bonchev–Trinajstić information content (AvgIpc) is 3.36. The van der Waals surface area contributed by atoms with E-state index in [2.05, 4.69) is 38.6 Å². The van der Waals surface area contributed by atoms with Crippen LogP contribution >= 0.6 is 0 Å². The summed E-state index contributed by atoms with van der Waals surface area (Å²) in [6.45, 7) is 4.47. The molecule has 1 aliphatic heterocycles. The predicted molar refractivity (Wildman–Crippen MR) is 113 cm³/mol. The SMILES string of the molecule is Cc1ccccc1Nc1nccn1-c1cc(NCCCN2CCCC2=O)ncn1. The minimum absolute atomic E-state index is 0.267. The monoisotopic (exact) mass is 391 g/mol. The topological polar surface area (TPSA) is 88.0 Å². The number of likely N-dealkylation sites (tertiary alicyclic amines) is 1. The second-order valence-electron chi connectivity index (χ2n) is 7.09. The van der Waals surface area contributed by atoms with E-state index in [9.17, 15) is 4.79 Å². The van der Waals surface area contributed by atoms with Crippen molar-refractivity contribution in [2.75, 3.05) is 30.3 Å². The van der Waals surface area contributed by atoms with Gasteiger partial charge in [-0.25, -0.2) is 15.0 Å². The van der Waals surface area contributed by atoms with E-state index in [1.165, 1.54) is 0 Å². The molecule has 1 saturated heterocycles. The molecular weight excluding hydrogens is 366 g/mol. The number of nitrogens with one attached hydrogen (secondary N) is 2. The number of hydrogen-bond acceptors (Lipinski definition) is 6. The van der Waals surface area contributed by atoms with Gasteiger partial charge in [0.15, 0.2) is 0 Å². The van der Waals surface area contributed by atoms with Crippen LogP contribution in [0.2, 0.25) is 0 Å². The molecule has 0 radical (unpaired) electrons. The van der Waals surface area contributed by atoms with E-state index in [0.717, 1.165) is 55.4 Å². The number of para-hydroxylation sites is 1. The molecular formula is C21H25N7O. The van der Waals surface area contributed by atoms with E-state index >= 15 is 0 Å². The smallest absolute Gasteiger partial charge is 0.222 e. The number of amides is 1. The van der Waals surface area contributed by atoms with Gasteiger partial charge in [0, 0.05) is 50.2 Å². The molecule has 0 spiro atoms. The van der Waals surface area contributed by atoms with Gasteiger partial charge in [-0.1, -0.05) is 18.2 Å². The van der Waals surface area contributed by atoms with Crippen LogP contribution in [0.1, 0.15) is 24.8 Å². The number of rotatable bonds is 8. The molecule has 0 aliphatic carbocycles. The van der Waals surface area contributed by atoms with E-state index in [1.807, 2.05) is 39.9 Å². The van der Waals surface area contributed by atoms with Gasteiger partial charge in [-0.2, -0.15) is 0 Å². The molecule has 150 valence electrons. The van der Waals surface area contributed by atoms with Crippen molar-refractivity contribution >= 4 is 23.4 Å². The van der Waals surface area contributed by atoms with Crippen molar-refractivity contribution in [3.8, 4) is 5.82 Å². The molecule has 1 aliphatic rings. The van der Waals surface area contributed by atoms with Gasteiger partial charge in [0.1, 0.15) is 18.0 Å². The Morgan fingerprint density at radius 2 is 2.07 bits per heavy atom. The molecule has 2 aromatic heterocycles. The standard InChI is InChI=1S/C21H25N7O/c1-16-6-2-3-7-17(16)26-21-23-10-13-28(21)19-14-18(24-15-25-19)22-9-5-12-27-11-4-8-20(27)29/h2-3,6-7,10,13-15H,4-5,8-9,11-12H2,1H3,(H,23,26)(H,22,24,25). The second kappa shape index (κ2) is 8.72. The summed E-state index contributed by atoms with van der Waals surface area (Å²) >= 11 is 0. The van der Waals surface area contributed by atoms with E-state index in [-0.39, 0.29) is 5.91 Å². The summed E-state index contributed by atoms with van der Waals surface area (Å²) in [4.78, 5) is 26.7. The number of aromatic nitrogens is 4. The lowest BCUT2D eigenvalue weighted by molar-refractivity contribution is -0.127. The van der Waals surface area contributed by atoms with Gasteiger partial charge in [0.05, 0.1) is 0 Å². The third-order valence-corrected chi connectivity index (χ3v) is 5.01. The lowest BCUT2D eigenvalue weighted by atomic mass is 10.2. The Bertz CT molecular complexity index is 984. The largest absolute Gasteiger partial charge is 0.370 e. The zero-order valence-electron chi connectivity index (χ0n) is 16.5. The normalized spacial score (nSPS) is 13.7. The lowest BCUT2D eigenvalue weighted by Crippen LogP contribution is -2.27. The first-order valence-corrected chi connectivity index (χ1v) is 9.91. The first-order chi connectivity index (χ1) is 14.2. The van der Waals surface area contributed by atoms with Crippen LogP contribution in [0.15, 0.2) is 49.1 Å². The molecule has 3 aromatic rings. The maximum absolute atomic E-state index is 11.7. The minimum atomic E-state index is 0.267. The van der Waals surface area contributed by atoms with Crippen LogP contribution in [0.25, 0.3) is 5.82 Å². The number of hydrogen-bond donors (Lipinski definition) is 2. The minimum Gasteiger partial charge on any atom is -0.370 e. The summed E-state index contributed by atoms with van der Waals surface area (Å²) in [6.07, 6.45) is 7.70. The molecule has 8 nitrogen and oxygen atoms in total. The van der Waals surface area contributed by atoms with Gasteiger partial charge in [-0.3, -0.25) is 9.36 Å². The molecule has 1 amide bonds. The van der Waals surface area contributed by atoms with Gasteiger partial charge in [-0.15, -0.1) is 0 Å². The molecule has 8 heteroatoms. The molecule has 0 saturated carbocycles. The van der Waals surface area contributed by atoms with E-state index in [1.54, 1.807) is 12.5 Å². The highest BCUT2D eigenvalue weighted by Crippen LogP contribution is 2.21. The lowest BCUT2D eigenvalue weighted by Gasteiger charge is -2.15. The van der Waals surface area contributed by atoms with Crippen LogP contribution in [0.4, 0.5) is 17.5 Å². The first kappa shape index (κ1) is 18.9. The van der Waals surface area contributed by atoms with Gasteiger partial charge in [-0.05, 0) is 31.4 Å². The summed E-state index contributed by atoms with van der Waals surface area (Å²) in [6, 6.07) is 9.97. The number of aryl methyl sites for hydroxylation is 1. The molecule has 0 bridgehead atoms. The molecule has 4 rings (SSSR count). The number of carbonyl (C=O) groups excluding carboxylic acids is 1. The van der Waals surface area contributed by atoms with E-state index < -0.39 is 0 Å². The maximum Gasteiger partial charge on any atom is 0.222 e. The van der Waals surface area contributed by atoms with Crippen molar-refractivity contribution in [1.82, 2.24) is 24.4 Å². The Labute approximate surface area is 170 Å². The number of anilines is 3. The Morgan fingerprint density at radius 3 is 2.90 bits per heavy atom. The van der Waals surface area contributed by atoms with Crippen LogP contribution in [-0.4, -0.2) is 50.0 Å². The summed E-state index contributed by atoms with van der Waals surface area (Å²) in [5.41, 5.74) is 2.15. The van der Waals surface area contributed by atoms with Crippen LogP contribution in [0.5, 0.6) is 0 Å². The molecule has 29 heavy (non-hydrogen) atoms. The van der Waals surface area contributed by atoms with Crippen LogP contribution < -0.4 is 10.6 Å². The summed E-state index contributed by atoms with van der Waals surface area (Å²) in [5.74, 6) is 2.43. The number of benzene rings is 1. The number of imidazole rings is 1. The van der Waals surface area contributed by atoms with E-state index in [4.69, 9.17) is 0 Å². The Hall–Kier alpha value is -3.42. The first-order valence-electron chi connectivity index (χ1n) is 9.91. The molecule has 1 aromatic carbocycles. The highest BCUT2D eigenvalue weighted by atomic mass is 16.2. The van der Waals surface area contributed by atoms with Gasteiger partial charge < -0.3 is 15.5 Å². The highest BCUT2D eigenvalue weighted by Gasteiger charge is 2.18. The van der Waals surface area contributed by atoms with Crippen molar-refractivity contribution in [2.24, 2.45) is 0 Å². The molecule has 3 heterocycles. The summed E-state index contributed by atoms with van der Waals surface area (Å²) in [5, 5.41) is 6.68. The fraction of sp³-hybridized carbons (Fsp3) is 0.333. The summed E-state index contributed by atoms with van der Waals surface area (Å²) < 4.78 is 1.89. The zero-order valence-corrected chi connectivity index (χ0v) is 16.5. The number of carbonyl (C=O) groups is 1. The average molecular weight is 391 g/mol.